The maximum atomic E-state index is 10.7. The maximum absolute atomic E-state index is 10.7. The van der Waals surface area contributed by atoms with Crippen LogP contribution in [0.3, 0.4) is 0 Å². The number of thioether (sulfide) groups is 1. The maximum Gasteiger partial charge on any atom is 0.0843 e. The molecular weight excluding hydrogens is 532 g/mol. The number of hydrogen-bond donors (Lipinski definition) is 1. The van der Waals surface area contributed by atoms with Crippen molar-refractivity contribution in [2.24, 2.45) is 5.41 Å². The number of aliphatic hydroxyl groups is 1. The predicted molar refractivity (Wildman–Crippen MR) is 169 cm³/mol. The zero-order valence-corrected chi connectivity index (χ0v) is 24.7. The van der Waals surface area contributed by atoms with Crippen molar-refractivity contribution in [3.8, 4) is 6.07 Å². The van der Waals surface area contributed by atoms with Crippen molar-refractivity contribution in [1.82, 2.24) is 4.98 Å². The molecule has 0 saturated heterocycles. The lowest BCUT2D eigenvalue weighted by atomic mass is 9.90. The molecule has 5 heteroatoms. The molecular formula is C35H35ClN2OS. The van der Waals surface area contributed by atoms with Crippen molar-refractivity contribution in [3.63, 3.8) is 0 Å². The minimum Gasteiger partial charge on any atom is -0.386 e. The second-order valence-electron chi connectivity index (χ2n) is 11.5. The van der Waals surface area contributed by atoms with Crippen LogP contribution in [0.5, 0.6) is 0 Å². The second kappa shape index (κ2) is 12.2. The topological polar surface area (TPSA) is 56.9 Å². The number of aryl methyl sites for hydroxylation is 1. The van der Waals surface area contributed by atoms with Crippen molar-refractivity contribution in [3.05, 3.63) is 112 Å². The fourth-order valence-electron chi connectivity index (χ4n) is 5.21. The molecule has 1 atom stereocenters. The highest BCUT2D eigenvalue weighted by Gasteiger charge is 2.42. The number of rotatable bonds is 11. The Balaban J connectivity index is 1.37. The Morgan fingerprint density at radius 3 is 2.62 bits per heavy atom. The normalized spacial score (nSPS) is 15.3. The zero-order valence-electron chi connectivity index (χ0n) is 23.1. The average Bonchev–Trinajstić information content (AvgIpc) is 3.71. The molecule has 5 rings (SSSR count). The van der Waals surface area contributed by atoms with Crippen molar-refractivity contribution in [2.75, 3.05) is 5.75 Å². The highest BCUT2D eigenvalue weighted by Crippen LogP contribution is 2.53. The standard InChI is InChI=1S/C35H35ClN2OS/c1-34(2,39)31-9-4-3-7-26(31)13-17-33(40-24-35(18-19-35)20-21-37)28-8-5-6-25(22-28)10-15-30-16-12-27-11-14-29(36)23-32(27)38-30/h3-12,14-16,22-23,33,39H,13,17-20,24H2,1-2H3/t33-/m1/s1. The van der Waals surface area contributed by atoms with E-state index in [0.29, 0.717) is 16.7 Å². The van der Waals surface area contributed by atoms with Gasteiger partial charge in [0.1, 0.15) is 0 Å². The summed E-state index contributed by atoms with van der Waals surface area (Å²) in [7, 11) is 0. The van der Waals surface area contributed by atoms with Gasteiger partial charge in [-0.1, -0.05) is 78.3 Å². The van der Waals surface area contributed by atoms with E-state index >= 15 is 0 Å². The van der Waals surface area contributed by atoms with Crippen molar-refractivity contribution < 1.29 is 5.11 Å². The largest absolute Gasteiger partial charge is 0.386 e. The van der Waals surface area contributed by atoms with E-state index in [2.05, 4.69) is 54.6 Å². The Morgan fingerprint density at radius 1 is 1.05 bits per heavy atom. The Bertz CT molecular complexity index is 1560. The summed E-state index contributed by atoms with van der Waals surface area (Å²) in [5.74, 6) is 1.00. The average molecular weight is 567 g/mol. The molecule has 40 heavy (non-hydrogen) atoms. The third kappa shape index (κ3) is 7.15. The number of pyridine rings is 1. The van der Waals surface area contributed by atoms with Gasteiger partial charge in [-0.05, 0) is 91.5 Å². The van der Waals surface area contributed by atoms with Gasteiger partial charge in [0.25, 0.3) is 0 Å². The summed E-state index contributed by atoms with van der Waals surface area (Å²) in [6.07, 6.45) is 8.94. The molecule has 1 N–H and O–H groups in total. The van der Waals surface area contributed by atoms with E-state index in [1.807, 2.05) is 68.1 Å². The van der Waals surface area contributed by atoms with E-state index in [9.17, 15) is 10.4 Å². The van der Waals surface area contributed by atoms with Crippen LogP contribution in [0.4, 0.5) is 0 Å². The van der Waals surface area contributed by atoms with Crippen LogP contribution in [-0.2, 0) is 12.0 Å². The van der Waals surface area contributed by atoms with E-state index in [1.165, 1.54) is 11.1 Å². The van der Waals surface area contributed by atoms with E-state index in [4.69, 9.17) is 16.6 Å². The molecule has 204 valence electrons. The summed E-state index contributed by atoms with van der Waals surface area (Å²) in [6.45, 7) is 3.71. The van der Waals surface area contributed by atoms with Crippen LogP contribution in [0.15, 0.2) is 78.9 Å². The van der Waals surface area contributed by atoms with E-state index in [0.717, 1.165) is 59.2 Å². The van der Waals surface area contributed by atoms with Gasteiger partial charge in [-0.2, -0.15) is 17.0 Å². The number of halogens is 1. The third-order valence-electron chi connectivity index (χ3n) is 7.76. The summed E-state index contributed by atoms with van der Waals surface area (Å²) < 4.78 is 0. The Labute approximate surface area is 246 Å². The summed E-state index contributed by atoms with van der Waals surface area (Å²) in [5.41, 5.74) is 5.69. The quantitative estimate of drug-likeness (QED) is 0.196. The van der Waals surface area contributed by atoms with Gasteiger partial charge < -0.3 is 5.11 Å². The Kier molecular flexibility index (Phi) is 8.66. The lowest BCUT2D eigenvalue weighted by molar-refractivity contribution is 0.0776. The second-order valence-corrected chi connectivity index (χ2v) is 13.1. The summed E-state index contributed by atoms with van der Waals surface area (Å²) in [6, 6.07) is 29.2. The molecule has 1 saturated carbocycles. The number of aromatic nitrogens is 1. The van der Waals surface area contributed by atoms with Crippen LogP contribution in [0.1, 0.15) is 72.7 Å². The molecule has 0 radical (unpaired) electrons. The van der Waals surface area contributed by atoms with Crippen molar-refractivity contribution >= 4 is 46.4 Å². The summed E-state index contributed by atoms with van der Waals surface area (Å²) in [4.78, 5) is 4.76. The molecule has 3 nitrogen and oxygen atoms in total. The molecule has 1 aliphatic rings. The summed E-state index contributed by atoms with van der Waals surface area (Å²) in [5, 5.41) is 22.1. The number of fused-ring (bicyclic) bond motifs is 1. The zero-order chi connectivity index (χ0) is 28.2. The van der Waals surface area contributed by atoms with Gasteiger partial charge in [0.15, 0.2) is 0 Å². The fraction of sp³-hybridized carbons (Fsp3) is 0.314. The fourth-order valence-corrected chi connectivity index (χ4v) is 6.94. The van der Waals surface area contributed by atoms with Crippen LogP contribution < -0.4 is 0 Å². The molecule has 0 aliphatic heterocycles. The minimum absolute atomic E-state index is 0.185. The van der Waals surface area contributed by atoms with Crippen LogP contribution >= 0.6 is 23.4 Å². The highest BCUT2D eigenvalue weighted by molar-refractivity contribution is 7.99. The van der Waals surface area contributed by atoms with Gasteiger partial charge in [-0.3, -0.25) is 0 Å². The lowest BCUT2D eigenvalue weighted by Gasteiger charge is -2.24. The van der Waals surface area contributed by atoms with Gasteiger partial charge in [0.05, 0.1) is 22.9 Å². The molecule has 1 aliphatic carbocycles. The lowest BCUT2D eigenvalue weighted by Crippen LogP contribution is -2.18. The molecule has 1 fully saturated rings. The molecule has 4 aromatic rings. The van der Waals surface area contributed by atoms with Crippen molar-refractivity contribution in [1.29, 1.82) is 5.26 Å². The monoisotopic (exact) mass is 566 g/mol. The highest BCUT2D eigenvalue weighted by atomic mass is 35.5. The molecule has 0 amide bonds. The van der Waals surface area contributed by atoms with Crippen LogP contribution in [-0.4, -0.2) is 15.8 Å². The molecule has 1 aromatic heterocycles. The van der Waals surface area contributed by atoms with Gasteiger partial charge in [0, 0.05) is 27.8 Å². The van der Waals surface area contributed by atoms with Gasteiger partial charge in [-0.25, -0.2) is 4.98 Å². The summed E-state index contributed by atoms with van der Waals surface area (Å²) >= 11 is 8.15. The smallest absolute Gasteiger partial charge is 0.0843 e. The number of benzene rings is 3. The molecule has 0 unspecified atom stereocenters. The first kappa shape index (κ1) is 28.4. The van der Waals surface area contributed by atoms with Crippen LogP contribution in [0.25, 0.3) is 23.1 Å². The molecule has 0 bridgehead atoms. The SMILES string of the molecule is CC(C)(O)c1ccccc1CC[C@@H](SCC1(CC#N)CC1)c1cccc(C=Cc2ccc3ccc(Cl)cc3n2)c1. The first-order valence-corrected chi connectivity index (χ1v) is 15.3. The third-order valence-corrected chi connectivity index (χ3v) is 9.68. The van der Waals surface area contributed by atoms with Crippen LogP contribution in [0.2, 0.25) is 5.02 Å². The number of hydrogen-bond acceptors (Lipinski definition) is 4. The van der Waals surface area contributed by atoms with Gasteiger partial charge in [0.2, 0.25) is 0 Å². The molecule has 1 heterocycles. The first-order chi connectivity index (χ1) is 19.2. The Hall–Kier alpha value is -3.10. The van der Waals surface area contributed by atoms with E-state index in [-0.39, 0.29) is 5.41 Å². The molecule has 3 aromatic carbocycles. The van der Waals surface area contributed by atoms with Crippen molar-refractivity contribution in [2.45, 2.75) is 56.8 Å². The van der Waals surface area contributed by atoms with E-state index < -0.39 is 5.60 Å². The number of nitriles is 1. The van der Waals surface area contributed by atoms with Gasteiger partial charge in [-0.15, -0.1) is 0 Å². The van der Waals surface area contributed by atoms with E-state index in [1.54, 1.807) is 0 Å². The minimum atomic E-state index is -0.878. The number of nitrogens with zero attached hydrogens (tertiary/aromatic N) is 2. The Morgan fingerprint density at radius 2 is 1.85 bits per heavy atom. The first-order valence-electron chi connectivity index (χ1n) is 13.9. The molecule has 0 spiro atoms. The van der Waals surface area contributed by atoms with Gasteiger partial charge >= 0.3 is 0 Å². The predicted octanol–water partition coefficient (Wildman–Crippen LogP) is 9.39. The van der Waals surface area contributed by atoms with Crippen LogP contribution in [0, 0.1) is 16.7 Å².